The zero-order chi connectivity index (χ0) is 8.81. The fourth-order valence-corrected chi connectivity index (χ4v) is 0.720. The van der Waals surface area contributed by atoms with Gasteiger partial charge in [-0.05, 0) is 17.7 Å². The molecule has 1 aromatic heterocycles. The maximum absolute atomic E-state index is 9.94. The van der Waals surface area contributed by atoms with Crippen LogP contribution in [0.1, 0.15) is 11.3 Å². The third-order valence-electron chi connectivity index (χ3n) is 1.27. The molecule has 0 N–H and O–H groups in total. The van der Waals surface area contributed by atoms with Gasteiger partial charge in [0.05, 0.1) is 0 Å². The Hall–Kier alpha value is -1.95. The van der Waals surface area contributed by atoms with Crippen molar-refractivity contribution in [2.24, 2.45) is 0 Å². The molecule has 12 heavy (non-hydrogen) atoms. The van der Waals surface area contributed by atoms with Crippen LogP contribution in [-0.4, -0.2) is 11.3 Å². The van der Waals surface area contributed by atoms with E-state index in [1.165, 1.54) is 6.08 Å². The highest BCUT2D eigenvalue weighted by Crippen LogP contribution is 2.00. The number of allylic oxidation sites excluding steroid dienone is 1. The van der Waals surface area contributed by atoms with Gasteiger partial charge in [0.25, 0.3) is 0 Å². The summed E-state index contributed by atoms with van der Waals surface area (Å²) < 4.78 is 0. The van der Waals surface area contributed by atoms with Gasteiger partial charge in [-0.3, -0.25) is 4.79 Å². The number of rotatable bonds is 2. The van der Waals surface area contributed by atoms with Gasteiger partial charge in [-0.25, -0.2) is 4.98 Å². The Kier molecular flexibility index (Phi) is 2.74. The van der Waals surface area contributed by atoms with E-state index < -0.39 is 0 Å². The number of nitrogens with zero attached hydrogens (tertiary/aromatic N) is 2. The van der Waals surface area contributed by atoms with Gasteiger partial charge < -0.3 is 0 Å². The lowest BCUT2D eigenvalue weighted by atomic mass is 10.2. The fourth-order valence-electron chi connectivity index (χ4n) is 0.720. The van der Waals surface area contributed by atoms with E-state index in [9.17, 15) is 4.79 Å². The van der Waals surface area contributed by atoms with Crippen LogP contribution in [-0.2, 0) is 4.79 Å². The minimum absolute atomic E-state index is 0.373. The number of aromatic nitrogens is 1. The zero-order valence-electron chi connectivity index (χ0n) is 6.27. The Bertz CT molecular complexity index is 333. The summed E-state index contributed by atoms with van der Waals surface area (Å²) >= 11 is 0. The summed E-state index contributed by atoms with van der Waals surface area (Å²) in [7, 11) is 0. The van der Waals surface area contributed by atoms with Crippen LogP contribution in [0.15, 0.2) is 24.4 Å². The van der Waals surface area contributed by atoms with Crippen LogP contribution in [0.2, 0.25) is 0 Å². The molecule has 0 spiro atoms. The molecule has 1 aromatic rings. The Labute approximate surface area is 70.0 Å². The average Bonchev–Trinajstić information content (AvgIpc) is 2.15. The first-order valence-electron chi connectivity index (χ1n) is 3.35. The molecule has 0 aromatic carbocycles. The van der Waals surface area contributed by atoms with Crippen molar-refractivity contribution < 1.29 is 4.79 Å². The molecular weight excluding hydrogens is 152 g/mol. The molecule has 0 unspecified atom stereocenters. The third kappa shape index (κ3) is 2.03. The number of hydrogen-bond acceptors (Lipinski definition) is 3. The number of pyridine rings is 1. The summed E-state index contributed by atoms with van der Waals surface area (Å²) in [4.78, 5) is 13.8. The van der Waals surface area contributed by atoms with Gasteiger partial charge in [0.1, 0.15) is 18.0 Å². The Morgan fingerprint density at radius 1 is 1.50 bits per heavy atom. The molecule has 3 nitrogen and oxygen atoms in total. The van der Waals surface area contributed by atoms with Crippen LogP contribution >= 0.6 is 0 Å². The molecule has 0 atom stereocenters. The molecule has 0 saturated carbocycles. The largest absolute Gasteiger partial charge is 0.299 e. The minimum Gasteiger partial charge on any atom is -0.299 e. The normalized spacial score (nSPS) is 9.58. The van der Waals surface area contributed by atoms with Crippen molar-refractivity contribution in [2.75, 3.05) is 0 Å². The number of nitriles is 1. The smallest absolute Gasteiger partial charge is 0.142 e. The molecule has 0 saturated heterocycles. The van der Waals surface area contributed by atoms with E-state index in [1.807, 2.05) is 6.07 Å². The first kappa shape index (κ1) is 8.15. The first-order valence-corrected chi connectivity index (χ1v) is 3.35. The maximum Gasteiger partial charge on any atom is 0.142 e. The Morgan fingerprint density at radius 2 is 2.33 bits per heavy atom. The van der Waals surface area contributed by atoms with Crippen LogP contribution in [0.5, 0.6) is 0 Å². The van der Waals surface area contributed by atoms with Gasteiger partial charge in [-0.1, -0.05) is 12.1 Å². The van der Waals surface area contributed by atoms with E-state index in [0.717, 1.165) is 5.56 Å². The van der Waals surface area contributed by atoms with E-state index in [0.29, 0.717) is 12.0 Å². The van der Waals surface area contributed by atoms with Gasteiger partial charge in [-0.2, -0.15) is 5.26 Å². The van der Waals surface area contributed by atoms with Crippen LogP contribution in [0, 0.1) is 11.3 Å². The molecule has 1 rings (SSSR count). The highest BCUT2D eigenvalue weighted by atomic mass is 16.1. The van der Waals surface area contributed by atoms with E-state index >= 15 is 0 Å². The van der Waals surface area contributed by atoms with E-state index in [-0.39, 0.29) is 0 Å². The molecular formula is C9H6N2O. The predicted molar refractivity (Wildman–Crippen MR) is 44.1 cm³/mol. The number of hydrogen-bond donors (Lipinski definition) is 0. The number of carbonyl (C=O) groups excluding carboxylic acids is 1. The highest BCUT2D eigenvalue weighted by Gasteiger charge is 1.89. The van der Waals surface area contributed by atoms with Crippen molar-refractivity contribution in [3.05, 3.63) is 35.7 Å². The van der Waals surface area contributed by atoms with Gasteiger partial charge in [0.15, 0.2) is 0 Å². The van der Waals surface area contributed by atoms with Gasteiger partial charge >= 0.3 is 0 Å². The molecule has 3 heteroatoms. The Balaban J connectivity index is 2.86. The van der Waals surface area contributed by atoms with Crippen molar-refractivity contribution in [1.82, 2.24) is 4.98 Å². The SMILES string of the molecule is N#Cc1ccc(C=CC=O)cn1. The van der Waals surface area contributed by atoms with Crippen LogP contribution in [0.3, 0.4) is 0 Å². The highest BCUT2D eigenvalue weighted by molar-refractivity contribution is 5.73. The van der Waals surface area contributed by atoms with Gasteiger partial charge in [0, 0.05) is 6.20 Å². The van der Waals surface area contributed by atoms with Crippen molar-refractivity contribution in [2.45, 2.75) is 0 Å². The van der Waals surface area contributed by atoms with Gasteiger partial charge in [0.2, 0.25) is 0 Å². The van der Waals surface area contributed by atoms with Crippen LogP contribution in [0.4, 0.5) is 0 Å². The summed E-state index contributed by atoms with van der Waals surface area (Å²) in [6.07, 6.45) is 5.24. The van der Waals surface area contributed by atoms with Crippen LogP contribution < -0.4 is 0 Å². The predicted octanol–water partition coefficient (Wildman–Crippen LogP) is 1.17. The second-order valence-corrected chi connectivity index (χ2v) is 2.08. The lowest BCUT2D eigenvalue weighted by molar-refractivity contribution is -0.104. The summed E-state index contributed by atoms with van der Waals surface area (Å²) in [5, 5.41) is 8.42. The van der Waals surface area contributed by atoms with E-state index in [1.54, 1.807) is 24.4 Å². The summed E-state index contributed by atoms with van der Waals surface area (Å²) in [5.41, 5.74) is 1.18. The maximum atomic E-state index is 9.94. The number of aldehydes is 1. The lowest BCUT2D eigenvalue weighted by Crippen LogP contribution is -1.81. The van der Waals surface area contributed by atoms with Crippen molar-refractivity contribution in [1.29, 1.82) is 5.26 Å². The standard InChI is InChI=1S/C9H6N2O/c10-6-9-4-3-8(7-11-9)2-1-5-12/h1-5,7H. The van der Waals surface area contributed by atoms with Crippen LogP contribution in [0.25, 0.3) is 6.08 Å². The molecule has 0 bridgehead atoms. The summed E-state index contributed by atoms with van der Waals surface area (Å²) in [6.45, 7) is 0. The molecule has 1 heterocycles. The molecule has 0 radical (unpaired) electrons. The third-order valence-corrected chi connectivity index (χ3v) is 1.27. The number of carbonyl (C=O) groups is 1. The summed E-state index contributed by atoms with van der Waals surface area (Å²) in [5.74, 6) is 0. The topological polar surface area (TPSA) is 53.8 Å². The fraction of sp³-hybridized carbons (Fsp3) is 0. The monoisotopic (exact) mass is 158 g/mol. The van der Waals surface area contributed by atoms with Crippen molar-refractivity contribution >= 4 is 12.4 Å². The minimum atomic E-state index is 0.373. The van der Waals surface area contributed by atoms with Crippen molar-refractivity contribution in [3.63, 3.8) is 0 Å². The summed E-state index contributed by atoms with van der Waals surface area (Å²) in [6, 6.07) is 5.23. The lowest BCUT2D eigenvalue weighted by Gasteiger charge is -1.89. The van der Waals surface area contributed by atoms with E-state index in [2.05, 4.69) is 4.98 Å². The first-order chi connectivity index (χ1) is 5.86. The molecule has 0 aliphatic carbocycles. The van der Waals surface area contributed by atoms with Crippen molar-refractivity contribution in [3.8, 4) is 6.07 Å². The Morgan fingerprint density at radius 3 is 2.83 bits per heavy atom. The zero-order valence-corrected chi connectivity index (χ0v) is 6.27. The second kappa shape index (κ2) is 4.04. The molecule has 0 aliphatic rings. The van der Waals surface area contributed by atoms with Gasteiger partial charge in [-0.15, -0.1) is 0 Å². The van der Waals surface area contributed by atoms with E-state index in [4.69, 9.17) is 5.26 Å². The molecule has 0 aliphatic heterocycles. The second-order valence-electron chi connectivity index (χ2n) is 2.08. The molecule has 0 amide bonds. The molecule has 0 fully saturated rings. The quantitative estimate of drug-likeness (QED) is 0.479. The molecule has 58 valence electrons. The average molecular weight is 158 g/mol.